The molecular weight excluding hydrogens is 376 g/mol. The molecule has 0 radical (unpaired) electrons. The van der Waals surface area contributed by atoms with Crippen LogP contribution >= 0.6 is 11.8 Å². The van der Waals surface area contributed by atoms with E-state index in [9.17, 15) is 19.6 Å². The van der Waals surface area contributed by atoms with Crippen LogP contribution in [-0.2, 0) is 13.0 Å². The highest BCUT2D eigenvalue weighted by molar-refractivity contribution is 7.99. The van der Waals surface area contributed by atoms with Gasteiger partial charge in [0.15, 0.2) is 5.78 Å². The lowest BCUT2D eigenvalue weighted by atomic mass is 10.00. The van der Waals surface area contributed by atoms with Crippen molar-refractivity contribution in [2.24, 2.45) is 0 Å². The van der Waals surface area contributed by atoms with Crippen LogP contribution in [0.4, 0.5) is 0 Å². The van der Waals surface area contributed by atoms with Gasteiger partial charge >= 0.3 is 11.2 Å². The largest absolute Gasteiger partial charge is 0.421 e. The second kappa shape index (κ2) is 7.16. The number of carbonyl (C=O) groups is 1. The van der Waals surface area contributed by atoms with E-state index in [4.69, 9.17) is 0 Å². The van der Waals surface area contributed by atoms with E-state index in [1.165, 1.54) is 23.3 Å². The molecule has 2 heterocycles. The first-order valence-corrected chi connectivity index (χ1v) is 9.85. The molecule has 0 bridgehead atoms. The fraction of sp³-hybridized carbons (Fsp3) is 0.190. The van der Waals surface area contributed by atoms with E-state index in [-0.39, 0.29) is 17.1 Å². The summed E-state index contributed by atoms with van der Waals surface area (Å²) < 4.78 is 1.65. The highest BCUT2D eigenvalue weighted by atomic mass is 32.2. The first-order chi connectivity index (χ1) is 13.5. The normalized spacial score (nSPS) is 12.8. The molecular formula is C21H18N2O4S. The summed E-state index contributed by atoms with van der Waals surface area (Å²) in [5.41, 5.74) is 2.65. The molecule has 142 valence electrons. The van der Waals surface area contributed by atoms with Crippen molar-refractivity contribution < 1.29 is 10.0 Å². The molecule has 3 aromatic rings. The number of nitrogens with zero attached hydrogens (tertiary/aromatic N) is 2. The van der Waals surface area contributed by atoms with Gasteiger partial charge in [0.25, 0.3) is 0 Å². The lowest BCUT2D eigenvalue weighted by molar-refractivity contribution is 0.101. The SMILES string of the molecule is CC(=O)c1cccc(-c2cccc(Cn3c4c(c(=O)n(O)c3=O)SCC4)c2)c1. The first-order valence-electron chi connectivity index (χ1n) is 8.87. The molecule has 1 aromatic heterocycles. The minimum absolute atomic E-state index is 0.00261. The Balaban J connectivity index is 1.75. The Hall–Kier alpha value is -3.06. The molecule has 6 nitrogen and oxygen atoms in total. The molecule has 1 aliphatic rings. The molecule has 0 saturated heterocycles. The fourth-order valence-electron chi connectivity index (χ4n) is 3.41. The van der Waals surface area contributed by atoms with E-state index in [0.29, 0.717) is 28.3 Å². The van der Waals surface area contributed by atoms with E-state index in [2.05, 4.69) is 0 Å². The zero-order chi connectivity index (χ0) is 19.8. The van der Waals surface area contributed by atoms with Crippen LogP contribution in [0.5, 0.6) is 0 Å². The van der Waals surface area contributed by atoms with Crippen molar-refractivity contribution in [1.82, 2.24) is 9.30 Å². The number of fused-ring (bicyclic) bond motifs is 1. The fourth-order valence-corrected chi connectivity index (χ4v) is 4.50. The standard InChI is InChI=1S/C21H18N2O4S/c1-13(24)15-5-3-7-17(11-15)16-6-2-4-14(10-16)12-22-18-8-9-28-19(18)20(25)23(27)21(22)26/h2-7,10-11,27H,8-9,12H2,1H3. The third kappa shape index (κ3) is 3.18. The minimum Gasteiger partial charge on any atom is -0.421 e. The third-order valence-electron chi connectivity index (χ3n) is 4.84. The molecule has 0 spiro atoms. The van der Waals surface area contributed by atoms with Gasteiger partial charge < -0.3 is 5.21 Å². The van der Waals surface area contributed by atoms with Gasteiger partial charge in [-0.15, -0.1) is 11.8 Å². The number of rotatable bonds is 4. The number of hydrogen-bond donors (Lipinski definition) is 1. The van der Waals surface area contributed by atoms with Crippen molar-refractivity contribution in [1.29, 1.82) is 0 Å². The van der Waals surface area contributed by atoms with Crippen molar-refractivity contribution in [3.05, 3.63) is 86.2 Å². The lowest BCUT2D eigenvalue weighted by Crippen LogP contribution is -2.40. The Morgan fingerprint density at radius 1 is 1.11 bits per heavy atom. The van der Waals surface area contributed by atoms with Crippen LogP contribution in [0.25, 0.3) is 11.1 Å². The third-order valence-corrected chi connectivity index (χ3v) is 5.95. The first kappa shape index (κ1) is 18.3. The predicted molar refractivity (Wildman–Crippen MR) is 108 cm³/mol. The molecule has 0 unspecified atom stereocenters. The number of hydrogen-bond acceptors (Lipinski definition) is 5. The van der Waals surface area contributed by atoms with Crippen LogP contribution in [0.2, 0.25) is 0 Å². The average Bonchev–Trinajstić information content (AvgIpc) is 3.20. The number of benzene rings is 2. The number of aromatic nitrogens is 2. The van der Waals surface area contributed by atoms with Crippen molar-refractivity contribution >= 4 is 17.5 Å². The van der Waals surface area contributed by atoms with Gasteiger partial charge in [-0.25, -0.2) is 4.79 Å². The van der Waals surface area contributed by atoms with E-state index < -0.39 is 11.2 Å². The number of carbonyl (C=O) groups excluding carboxylic acids is 1. The maximum absolute atomic E-state index is 12.5. The summed E-state index contributed by atoms with van der Waals surface area (Å²) in [6.07, 6.45) is 0.617. The summed E-state index contributed by atoms with van der Waals surface area (Å²) in [4.78, 5) is 36.6. The zero-order valence-electron chi connectivity index (χ0n) is 15.2. The molecule has 1 aliphatic heterocycles. The molecule has 0 aliphatic carbocycles. The summed E-state index contributed by atoms with van der Waals surface area (Å²) >= 11 is 1.36. The highest BCUT2D eigenvalue weighted by Gasteiger charge is 2.23. The maximum atomic E-state index is 12.5. The van der Waals surface area contributed by atoms with E-state index >= 15 is 0 Å². The van der Waals surface area contributed by atoms with Crippen LogP contribution in [-0.4, -0.2) is 26.0 Å². The van der Waals surface area contributed by atoms with Crippen LogP contribution < -0.4 is 11.2 Å². The van der Waals surface area contributed by atoms with Crippen molar-refractivity contribution in [3.8, 4) is 11.1 Å². The lowest BCUT2D eigenvalue weighted by Gasteiger charge is -2.13. The molecule has 28 heavy (non-hydrogen) atoms. The Bertz CT molecular complexity index is 1210. The molecule has 0 amide bonds. The zero-order valence-corrected chi connectivity index (χ0v) is 16.0. The topological polar surface area (TPSA) is 81.3 Å². The molecule has 1 N–H and O–H groups in total. The highest BCUT2D eigenvalue weighted by Crippen LogP contribution is 2.28. The quantitative estimate of drug-likeness (QED) is 0.544. The summed E-state index contributed by atoms with van der Waals surface area (Å²) in [6.45, 7) is 1.78. The Labute approximate surface area is 165 Å². The molecule has 0 atom stereocenters. The Morgan fingerprint density at radius 2 is 1.82 bits per heavy atom. The van der Waals surface area contributed by atoms with Gasteiger partial charge in [-0.3, -0.25) is 14.2 Å². The average molecular weight is 394 g/mol. The van der Waals surface area contributed by atoms with Crippen molar-refractivity contribution in [2.45, 2.75) is 24.8 Å². The van der Waals surface area contributed by atoms with Gasteiger partial charge in [0.1, 0.15) is 0 Å². The van der Waals surface area contributed by atoms with E-state index in [1.54, 1.807) is 6.07 Å². The van der Waals surface area contributed by atoms with Gasteiger partial charge in [-0.1, -0.05) is 41.1 Å². The molecule has 2 aromatic carbocycles. The van der Waals surface area contributed by atoms with Gasteiger partial charge in [0.05, 0.1) is 11.4 Å². The van der Waals surface area contributed by atoms with Gasteiger partial charge in [-0.05, 0) is 42.2 Å². The van der Waals surface area contributed by atoms with Crippen LogP contribution in [0.1, 0.15) is 28.5 Å². The van der Waals surface area contributed by atoms with Crippen molar-refractivity contribution in [3.63, 3.8) is 0 Å². The molecule has 0 fully saturated rings. The van der Waals surface area contributed by atoms with E-state index in [0.717, 1.165) is 16.7 Å². The number of ketones is 1. The second-order valence-corrected chi connectivity index (χ2v) is 7.80. The number of Topliss-reactive ketones (excluding diaryl/α,β-unsaturated/α-hetero) is 1. The van der Waals surface area contributed by atoms with Gasteiger partial charge in [0, 0.05) is 17.0 Å². The number of thioether (sulfide) groups is 1. The monoisotopic (exact) mass is 394 g/mol. The van der Waals surface area contributed by atoms with E-state index in [1.807, 2.05) is 42.5 Å². The maximum Gasteiger partial charge on any atom is 0.365 e. The van der Waals surface area contributed by atoms with Crippen LogP contribution in [0.15, 0.2) is 63.0 Å². The molecule has 0 saturated carbocycles. The molecule has 7 heteroatoms. The summed E-state index contributed by atoms with van der Waals surface area (Å²) in [5.74, 6) is 0.717. The minimum atomic E-state index is -0.727. The smallest absolute Gasteiger partial charge is 0.365 e. The van der Waals surface area contributed by atoms with Gasteiger partial charge in [-0.2, -0.15) is 0 Å². The summed E-state index contributed by atoms with van der Waals surface area (Å²) in [5, 5.41) is 9.87. The molecule has 4 rings (SSSR count). The summed E-state index contributed by atoms with van der Waals surface area (Å²) in [6, 6.07) is 15.1. The van der Waals surface area contributed by atoms with Gasteiger partial charge in [0.2, 0.25) is 0 Å². The predicted octanol–water partition coefficient (Wildman–Crippen LogP) is 2.81. The second-order valence-electron chi connectivity index (χ2n) is 6.70. The van der Waals surface area contributed by atoms with Crippen LogP contribution in [0, 0.1) is 0 Å². The Kier molecular flexibility index (Phi) is 4.68. The van der Waals surface area contributed by atoms with Crippen molar-refractivity contribution in [2.75, 3.05) is 5.75 Å². The van der Waals surface area contributed by atoms with Crippen LogP contribution in [0.3, 0.4) is 0 Å². The Morgan fingerprint density at radius 3 is 2.57 bits per heavy atom. The summed E-state index contributed by atoms with van der Waals surface area (Å²) in [7, 11) is 0.